The smallest absolute Gasteiger partial charge is 0.328 e. The number of nitrogens with two attached hydrogens (primary N) is 1. The molecule has 6 unspecified atom stereocenters. The van der Waals surface area contributed by atoms with Gasteiger partial charge in [-0.05, 0) is 19.8 Å². The summed E-state index contributed by atoms with van der Waals surface area (Å²) in [4.78, 5) is 55.7. The van der Waals surface area contributed by atoms with E-state index in [1.807, 2.05) is 0 Å². The molecule has 6 atom stereocenters. The minimum absolute atomic E-state index is 0.101. The van der Waals surface area contributed by atoms with E-state index >= 15 is 0 Å². The quantitative estimate of drug-likeness (QED) is 0.163. The number of nitrogens with one attached hydrogen (secondary N) is 4. The molecular weight excluding hydrogens is 424 g/mol. The van der Waals surface area contributed by atoms with Gasteiger partial charge in [-0.25, -0.2) is 9.78 Å². The third-order valence-corrected chi connectivity index (χ3v) is 4.74. The van der Waals surface area contributed by atoms with Crippen molar-refractivity contribution in [3.8, 4) is 0 Å². The first-order chi connectivity index (χ1) is 14.8. The van der Waals surface area contributed by atoms with Gasteiger partial charge < -0.3 is 42.0 Å². The van der Waals surface area contributed by atoms with E-state index in [9.17, 15) is 34.5 Å². The first kappa shape index (κ1) is 27.0. The molecular formula is C19H32N6O7. The lowest BCUT2D eigenvalue weighted by Gasteiger charge is -2.27. The number of aliphatic hydroxyl groups excluding tert-OH is 2. The number of hydrogen-bond acceptors (Lipinski definition) is 8. The number of carboxylic acid groups (broad SMARTS) is 1. The van der Waals surface area contributed by atoms with Gasteiger partial charge >= 0.3 is 5.97 Å². The van der Waals surface area contributed by atoms with Crippen molar-refractivity contribution in [1.82, 2.24) is 25.9 Å². The van der Waals surface area contributed by atoms with Crippen LogP contribution in [0.5, 0.6) is 0 Å². The molecule has 0 saturated heterocycles. The van der Waals surface area contributed by atoms with Gasteiger partial charge in [0.15, 0.2) is 6.04 Å². The molecule has 9 N–H and O–H groups in total. The SMILES string of the molecule is CC(C)C(N)C(=O)NC(C(=O)NC(Cc1cnc[nH]1)C(=O)NC(C(=O)O)C(C)O)C(C)O. The average Bonchev–Trinajstić information content (AvgIpc) is 3.20. The van der Waals surface area contributed by atoms with Crippen LogP contribution in [0.1, 0.15) is 33.4 Å². The van der Waals surface area contributed by atoms with Gasteiger partial charge in [0.2, 0.25) is 17.7 Å². The van der Waals surface area contributed by atoms with E-state index in [0.29, 0.717) is 5.69 Å². The maximum absolute atomic E-state index is 12.8. The van der Waals surface area contributed by atoms with Crippen LogP contribution < -0.4 is 21.7 Å². The van der Waals surface area contributed by atoms with Crippen molar-refractivity contribution in [2.24, 2.45) is 11.7 Å². The number of imidazole rings is 1. The minimum Gasteiger partial charge on any atom is -0.480 e. The molecule has 1 aromatic rings. The largest absolute Gasteiger partial charge is 0.480 e. The van der Waals surface area contributed by atoms with Gasteiger partial charge in [0, 0.05) is 18.3 Å². The monoisotopic (exact) mass is 456 g/mol. The number of nitrogens with zero attached hydrogens (tertiary/aromatic N) is 1. The van der Waals surface area contributed by atoms with Crippen LogP contribution >= 0.6 is 0 Å². The van der Waals surface area contributed by atoms with E-state index in [-0.39, 0.29) is 12.3 Å². The Morgan fingerprint density at radius 3 is 1.97 bits per heavy atom. The molecule has 0 aromatic carbocycles. The van der Waals surface area contributed by atoms with Gasteiger partial charge in [-0.1, -0.05) is 13.8 Å². The second-order valence-corrected chi connectivity index (χ2v) is 7.90. The van der Waals surface area contributed by atoms with Crippen molar-refractivity contribution in [1.29, 1.82) is 0 Å². The molecule has 0 aliphatic carbocycles. The van der Waals surface area contributed by atoms with Gasteiger partial charge in [0.1, 0.15) is 12.1 Å². The predicted octanol–water partition coefficient (Wildman–Crippen LogP) is -2.76. The van der Waals surface area contributed by atoms with Crippen molar-refractivity contribution in [2.45, 2.75) is 70.5 Å². The first-order valence-electron chi connectivity index (χ1n) is 10.1. The number of H-pyrrole nitrogens is 1. The van der Waals surface area contributed by atoms with E-state index in [4.69, 9.17) is 5.73 Å². The highest BCUT2D eigenvalue weighted by Gasteiger charge is 2.34. The Morgan fingerprint density at radius 2 is 1.53 bits per heavy atom. The number of hydrogen-bond donors (Lipinski definition) is 8. The molecule has 0 aliphatic heterocycles. The Bertz CT molecular complexity index is 781. The zero-order chi connectivity index (χ0) is 24.6. The summed E-state index contributed by atoms with van der Waals surface area (Å²) >= 11 is 0. The lowest BCUT2D eigenvalue weighted by atomic mass is 10.0. The zero-order valence-corrected chi connectivity index (χ0v) is 18.4. The highest BCUT2D eigenvalue weighted by molar-refractivity contribution is 5.94. The average molecular weight is 457 g/mol. The van der Waals surface area contributed by atoms with Crippen LogP contribution in [0.25, 0.3) is 0 Å². The number of carboxylic acids is 1. The molecule has 180 valence electrons. The number of amides is 3. The molecule has 0 bridgehead atoms. The lowest BCUT2D eigenvalue weighted by molar-refractivity contribution is -0.145. The zero-order valence-electron chi connectivity index (χ0n) is 18.4. The first-order valence-corrected chi connectivity index (χ1v) is 10.1. The number of aromatic amines is 1. The molecule has 0 saturated carbocycles. The fourth-order valence-electron chi connectivity index (χ4n) is 2.69. The van der Waals surface area contributed by atoms with Crippen molar-refractivity contribution < 1.29 is 34.5 Å². The van der Waals surface area contributed by atoms with Crippen LogP contribution in [-0.2, 0) is 25.6 Å². The van der Waals surface area contributed by atoms with Crippen molar-refractivity contribution >= 4 is 23.7 Å². The molecule has 0 radical (unpaired) electrons. The molecule has 0 spiro atoms. The fourth-order valence-corrected chi connectivity index (χ4v) is 2.69. The highest BCUT2D eigenvalue weighted by Crippen LogP contribution is 2.05. The topological polar surface area (TPSA) is 220 Å². The van der Waals surface area contributed by atoms with Crippen LogP contribution in [0.2, 0.25) is 0 Å². The second-order valence-electron chi connectivity index (χ2n) is 7.90. The van der Waals surface area contributed by atoms with Crippen molar-refractivity contribution in [2.75, 3.05) is 0 Å². The van der Waals surface area contributed by atoms with Crippen LogP contribution in [0.15, 0.2) is 12.5 Å². The van der Waals surface area contributed by atoms with Gasteiger partial charge in [0.25, 0.3) is 0 Å². The summed E-state index contributed by atoms with van der Waals surface area (Å²) in [5, 5.41) is 35.8. The van der Waals surface area contributed by atoms with Crippen molar-refractivity contribution in [3.63, 3.8) is 0 Å². The lowest BCUT2D eigenvalue weighted by Crippen LogP contribution is -2.61. The summed E-state index contributed by atoms with van der Waals surface area (Å²) in [7, 11) is 0. The Balaban J connectivity index is 3.05. The van der Waals surface area contributed by atoms with Crippen LogP contribution in [0, 0.1) is 5.92 Å². The molecule has 32 heavy (non-hydrogen) atoms. The Kier molecular flexibility index (Phi) is 10.2. The second kappa shape index (κ2) is 12.1. The summed E-state index contributed by atoms with van der Waals surface area (Å²) in [5.74, 6) is -4.11. The molecule has 0 fully saturated rings. The fraction of sp³-hybridized carbons (Fsp3) is 0.632. The highest BCUT2D eigenvalue weighted by atomic mass is 16.4. The maximum Gasteiger partial charge on any atom is 0.328 e. The summed E-state index contributed by atoms with van der Waals surface area (Å²) < 4.78 is 0. The molecule has 13 nitrogen and oxygen atoms in total. The van der Waals surface area contributed by atoms with E-state index < -0.39 is 60.1 Å². The summed E-state index contributed by atoms with van der Waals surface area (Å²) in [5.41, 5.74) is 6.23. The molecule has 13 heteroatoms. The molecule has 1 rings (SSSR count). The molecule has 3 amide bonds. The third-order valence-electron chi connectivity index (χ3n) is 4.74. The standard InChI is InChI=1S/C19H32N6O7/c1-8(2)13(20)17(29)24-14(9(3)26)18(30)23-12(5-11-6-21-7-22-11)16(28)25-15(10(4)27)19(31)32/h6-10,12-15,26-27H,5,20H2,1-4H3,(H,21,22)(H,23,30)(H,24,29)(H,25,28)(H,31,32). The Labute approximate surface area is 185 Å². The van der Waals surface area contributed by atoms with E-state index in [1.165, 1.54) is 26.4 Å². The van der Waals surface area contributed by atoms with Crippen LogP contribution in [-0.4, -0.2) is 85.4 Å². The number of carbonyl (C=O) groups excluding carboxylic acids is 3. The third kappa shape index (κ3) is 7.90. The van der Waals surface area contributed by atoms with Gasteiger partial charge in [-0.3, -0.25) is 14.4 Å². The summed E-state index contributed by atoms with van der Waals surface area (Å²) in [6, 6.07) is -5.26. The maximum atomic E-state index is 12.8. The van der Waals surface area contributed by atoms with E-state index in [0.717, 1.165) is 0 Å². The van der Waals surface area contributed by atoms with Crippen LogP contribution in [0.4, 0.5) is 0 Å². The van der Waals surface area contributed by atoms with E-state index in [2.05, 4.69) is 25.9 Å². The van der Waals surface area contributed by atoms with Gasteiger partial charge in [-0.15, -0.1) is 0 Å². The van der Waals surface area contributed by atoms with Gasteiger partial charge in [0.05, 0.1) is 24.6 Å². The van der Waals surface area contributed by atoms with Crippen molar-refractivity contribution in [3.05, 3.63) is 18.2 Å². The van der Waals surface area contributed by atoms with E-state index in [1.54, 1.807) is 13.8 Å². The Morgan fingerprint density at radius 1 is 0.969 bits per heavy atom. The number of rotatable bonds is 12. The number of carbonyl (C=O) groups is 4. The summed E-state index contributed by atoms with van der Waals surface area (Å²) in [6.07, 6.45) is -0.0600. The number of aromatic nitrogens is 2. The number of aliphatic carboxylic acids is 1. The number of aliphatic hydroxyl groups is 2. The molecule has 1 aromatic heterocycles. The normalized spacial score (nSPS) is 16.9. The predicted molar refractivity (Wildman–Crippen MR) is 112 cm³/mol. The van der Waals surface area contributed by atoms with Gasteiger partial charge in [-0.2, -0.15) is 0 Å². The summed E-state index contributed by atoms with van der Waals surface area (Å²) in [6.45, 7) is 5.91. The minimum atomic E-state index is -1.61. The molecule has 1 heterocycles. The Hall–Kier alpha value is -3.03. The molecule has 0 aliphatic rings. The van der Waals surface area contributed by atoms with Crippen LogP contribution in [0.3, 0.4) is 0 Å².